The van der Waals surface area contributed by atoms with Crippen molar-refractivity contribution in [1.29, 1.82) is 0 Å². The van der Waals surface area contributed by atoms with E-state index in [-0.39, 0.29) is 5.91 Å². The van der Waals surface area contributed by atoms with Gasteiger partial charge in [-0.1, -0.05) is 34.5 Å². The Hall–Kier alpha value is -0.840. The van der Waals surface area contributed by atoms with Crippen LogP contribution in [0.25, 0.3) is 0 Å². The maximum absolute atomic E-state index is 12.3. The number of halogens is 3. The van der Waals surface area contributed by atoms with E-state index in [1.807, 2.05) is 25.1 Å². The smallest absolute Gasteiger partial charge is 0.256 e. The molecule has 1 N–H and O–H groups in total. The maximum atomic E-state index is 12.3. The third-order valence-electron chi connectivity index (χ3n) is 2.87. The number of benzene rings is 2. The number of nitrogens with one attached hydrogen (secondary N) is 1. The Morgan fingerprint density at radius 1 is 1.20 bits per heavy atom. The van der Waals surface area contributed by atoms with Crippen molar-refractivity contribution in [1.82, 2.24) is 0 Å². The van der Waals surface area contributed by atoms with Gasteiger partial charge in [0.25, 0.3) is 5.91 Å². The predicted octanol–water partition coefficient (Wildman–Crippen LogP) is 5.68. The van der Waals surface area contributed by atoms with E-state index in [9.17, 15) is 4.79 Å². The Morgan fingerprint density at radius 2 is 1.95 bits per heavy atom. The van der Waals surface area contributed by atoms with Crippen molar-refractivity contribution in [3.63, 3.8) is 0 Å². The van der Waals surface area contributed by atoms with Crippen LogP contribution < -0.4 is 5.32 Å². The van der Waals surface area contributed by atoms with E-state index in [1.165, 1.54) is 0 Å². The van der Waals surface area contributed by atoms with Crippen LogP contribution in [0.4, 0.5) is 5.69 Å². The van der Waals surface area contributed by atoms with Crippen molar-refractivity contribution >= 4 is 55.1 Å². The van der Waals surface area contributed by atoms with E-state index in [0.29, 0.717) is 10.6 Å². The Morgan fingerprint density at radius 3 is 2.65 bits per heavy atom. The van der Waals surface area contributed by atoms with Crippen molar-refractivity contribution in [2.24, 2.45) is 0 Å². The summed E-state index contributed by atoms with van der Waals surface area (Å²) in [6, 6.07) is 10.9. The van der Waals surface area contributed by atoms with Crippen LogP contribution in [0.15, 0.2) is 45.3 Å². The first-order chi connectivity index (χ1) is 9.51. The van der Waals surface area contributed by atoms with Gasteiger partial charge in [-0.25, -0.2) is 0 Å². The molecule has 2 aromatic rings. The minimum atomic E-state index is -0.184. The molecule has 1 amide bonds. The quantitative estimate of drug-likeness (QED) is 0.684. The molecule has 0 atom stereocenters. The summed E-state index contributed by atoms with van der Waals surface area (Å²) in [4.78, 5) is 12.3. The van der Waals surface area contributed by atoms with E-state index in [4.69, 9.17) is 11.6 Å². The minimum Gasteiger partial charge on any atom is -0.322 e. The molecule has 5 heteroatoms. The van der Waals surface area contributed by atoms with Gasteiger partial charge in [0.2, 0.25) is 0 Å². The lowest BCUT2D eigenvalue weighted by Crippen LogP contribution is -2.14. The van der Waals surface area contributed by atoms with Gasteiger partial charge in [-0.15, -0.1) is 0 Å². The second-order valence-corrected chi connectivity index (χ2v) is 6.44. The average Bonchev–Trinajstić information content (AvgIpc) is 2.43. The molecular weight excluding hydrogens is 405 g/mol. The number of carbonyl (C=O) groups is 1. The second kappa shape index (κ2) is 6.74. The van der Waals surface area contributed by atoms with Crippen LogP contribution in [-0.4, -0.2) is 5.91 Å². The van der Waals surface area contributed by atoms with Crippen molar-refractivity contribution in [3.8, 4) is 0 Å². The molecule has 0 saturated heterocycles. The van der Waals surface area contributed by atoms with Crippen LogP contribution in [0.3, 0.4) is 0 Å². The van der Waals surface area contributed by atoms with Crippen molar-refractivity contribution in [3.05, 3.63) is 61.5 Å². The van der Waals surface area contributed by atoms with Crippen LogP contribution in [0, 0.1) is 0 Å². The number of hydrogen-bond acceptors (Lipinski definition) is 1. The normalized spacial score (nSPS) is 10.4. The third-order valence-corrected chi connectivity index (χ3v) is 4.29. The van der Waals surface area contributed by atoms with Crippen LogP contribution >= 0.6 is 43.5 Å². The summed E-state index contributed by atoms with van der Waals surface area (Å²) >= 11 is 12.7. The molecule has 0 aliphatic heterocycles. The van der Waals surface area contributed by atoms with E-state index in [1.54, 1.807) is 18.2 Å². The van der Waals surface area contributed by atoms with E-state index < -0.39 is 0 Å². The van der Waals surface area contributed by atoms with E-state index >= 15 is 0 Å². The first-order valence-electron chi connectivity index (χ1n) is 6.06. The molecule has 0 aliphatic carbocycles. The number of carbonyl (C=O) groups excluding carboxylic acids is 1. The number of amides is 1. The molecular formula is C15H12Br2ClNO. The number of hydrogen-bond donors (Lipinski definition) is 1. The molecule has 0 bridgehead atoms. The summed E-state index contributed by atoms with van der Waals surface area (Å²) in [6.07, 6.45) is 0.839. The Bertz CT molecular complexity index is 658. The Labute approximate surface area is 139 Å². The van der Waals surface area contributed by atoms with Gasteiger partial charge in [0, 0.05) is 19.7 Å². The van der Waals surface area contributed by atoms with E-state index in [0.717, 1.165) is 26.6 Å². The lowest BCUT2D eigenvalue weighted by Gasteiger charge is -2.11. The van der Waals surface area contributed by atoms with Crippen molar-refractivity contribution < 1.29 is 4.79 Å². The fraction of sp³-hybridized carbons (Fsp3) is 0.133. The van der Waals surface area contributed by atoms with Gasteiger partial charge in [0.15, 0.2) is 0 Å². The van der Waals surface area contributed by atoms with E-state index in [2.05, 4.69) is 37.2 Å². The van der Waals surface area contributed by atoms with Crippen LogP contribution in [-0.2, 0) is 6.42 Å². The average molecular weight is 418 g/mol. The van der Waals surface area contributed by atoms with Gasteiger partial charge >= 0.3 is 0 Å². The Kier molecular flexibility index (Phi) is 5.24. The molecule has 0 aromatic heterocycles. The fourth-order valence-corrected chi connectivity index (χ4v) is 2.85. The highest BCUT2D eigenvalue weighted by Gasteiger charge is 2.12. The number of rotatable bonds is 3. The van der Waals surface area contributed by atoms with Gasteiger partial charge in [0.1, 0.15) is 0 Å². The molecule has 2 aromatic carbocycles. The van der Waals surface area contributed by atoms with Gasteiger partial charge in [-0.3, -0.25) is 4.79 Å². The third kappa shape index (κ3) is 3.62. The molecule has 20 heavy (non-hydrogen) atoms. The summed E-state index contributed by atoms with van der Waals surface area (Å²) in [5.74, 6) is -0.184. The standard InChI is InChI=1S/C15H12Br2ClNO/c1-2-9-7-10(16)3-6-14(9)19-15(20)12-8-11(18)4-5-13(12)17/h3-8H,2H2,1H3,(H,19,20). The summed E-state index contributed by atoms with van der Waals surface area (Å²) in [7, 11) is 0. The molecule has 0 unspecified atom stereocenters. The highest BCUT2D eigenvalue weighted by atomic mass is 79.9. The lowest BCUT2D eigenvalue weighted by molar-refractivity contribution is 0.102. The van der Waals surface area contributed by atoms with Gasteiger partial charge in [-0.05, 0) is 64.3 Å². The largest absolute Gasteiger partial charge is 0.322 e. The molecule has 2 nitrogen and oxygen atoms in total. The first-order valence-corrected chi connectivity index (χ1v) is 8.02. The molecule has 104 valence electrons. The summed E-state index contributed by atoms with van der Waals surface area (Å²) in [6.45, 7) is 2.05. The molecule has 2 rings (SSSR count). The van der Waals surface area contributed by atoms with Crippen LogP contribution in [0.2, 0.25) is 5.02 Å². The monoisotopic (exact) mass is 415 g/mol. The van der Waals surface area contributed by atoms with Gasteiger partial charge < -0.3 is 5.32 Å². The molecule has 0 aliphatic rings. The van der Waals surface area contributed by atoms with Gasteiger partial charge in [-0.2, -0.15) is 0 Å². The van der Waals surface area contributed by atoms with Crippen LogP contribution in [0.1, 0.15) is 22.8 Å². The number of aryl methyl sites for hydroxylation is 1. The zero-order chi connectivity index (χ0) is 14.7. The highest BCUT2D eigenvalue weighted by Crippen LogP contribution is 2.25. The zero-order valence-corrected chi connectivity index (χ0v) is 14.6. The molecule has 0 heterocycles. The van der Waals surface area contributed by atoms with Gasteiger partial charge in [0.05, 0.1) is 5.56 Å². The SMILES string of the molecule is CCc1cc(Br)ccc1NC(=O)c1cc(Cl)ccc1Br. The zero-order valence-electron chi connectivity index (χ0n) is 10.7. The molecule has 0 saturated carbocycles. The molecule has 0 spiro atoms. The lowest BCUT2D eigenvalue weighted by atomic mass is 10.1. The molecule has 0 fully saturated rings. The first kappa shape index (κ1) is 15.5. The van der Waals surface area contributed by atoms with Crippen molar-refractivity contribution in [2.75, 3.05) is 5.32 Å². The predicted molar refractivity (Wildman–Crippen MR) is 90.6 cm³/mol. The highest BCUT2D eigenvalue weighted by molar-refractivity contribution is 9.10. The second-order valence-electron chi connectivity index (χ2n) is 4.23. The summed E-state index contributed by atoms with van der Waals surface area (Å²) in [5, 5.41) is 3.46. The summed E-state index contributed by atoms with van der Waals surface area (Å²) in [5.41, 5.74) is 2.40. The summed E-state index contributed by atoms with van der Waals surface area (Å²) < 4.78 is 1.71. The van der Waals surface area contributed by atoms with Crippen molar-refractivity contribution in [2.45, 2.75) is 13.3 Å². The Balaban J connectivity index is 2.30. The number of anilines is 1. The minimum absolute atomic E-state index is 0.184. The van der Waals surface area contributed by atoms with Crippen LogP contribution in [0.5, 0.6) is 0 Å². The topological polar surface area (TPSA) is 29.1 Å². The fourth-order valence-electron chi connectivity index (χ4n) is 1.84. The maximum Gasteiger partial charge on any atom is 0.256 e. The molecule has 0 radical (unpaired) electrons.